The molecule has 3 aromatic rings. The Bertz CT molecular complexity index is 1190. The van der Waals surface area contributed by atoms with E-state index in [9.17, 15) is 31.7 Å². The lowest BCUT2D eigenvalue weighted by atomic mass is 10.1. The number of nitro groups is 1. The second-order valence-corrected chi connectivity index (χ2v) is 8.22. The highest BCUT2D eigenvalue weighted by Gasteiger charge is 2.47. The SMILES string of the molecule is Cn1cc(CNc2ccc(S(=O)(=O)C(F)(F)F)cc2[N+](=O)[O-])c(-c2ccccc2)n1. The minimum atomic E-state index is -5.70. The van der Waals surface area contributed by atoms with Crippen LogP contribution in [-0.4, -0.2) is 28.6 Å². The maximum atomic E-state index is 12.7. The number of aryl methyl sites for hydroxylation is 1. The van der Waals surface area contributed by atoms with Crippen molar-refractivity contribution in [2.75, 3.05) is 5.32 Å². The van der Waals surface area contributed by atoms with Crippen molar-refractivity contribution in [1.29, 1.82) is 0 Å². The molecule has 0 fully saturated rings. The van der Waals surface area contributed by atoms with Crippen molar-refractivity contribution in [3.8, 4) is 11.3 Å². The van der Waals surface area contributed by atoms with Crippen molar-refractivity contribution in [1.82, 2.24) is 9.78 Å². The molecule has 0 aliphatic heterocycles. The molecule has 3 rings (SSSR count). The van der Waals surface area contributed by atoms with E-state index in [1.54, 1.807) is 17.9 Å². The van der Waals surface area contributed by atoms with Crippen LogP contribution in [0.25, 0.3) is 11.3 Å². The minimum Gasteiger partial charge on any atom is -0.375 e. The number of aromatic nitrogens is 2. The van der Waals surface area contributed by atoms with Crippen molar-refractivity contribution in [3.63, 3.8) is 0 Å². The fourth-order valence-corrected chi connectivity index (χ4v) is 3.59. The standard InChI is InChI=1S/C18H15F3N4O4S/c1-24-11-13(17(23-24)12-5-3-2-4-6-12)10-22-15-8-7-14(9-16(15)25(26)27)30(28,29)18(19,20)21/h2-9,11,22H,10H2,1H3. The summed E-state index contributed by atoms with van der Waals surface area (Å²) in [6.07, 6.45) is 1.70. The lowest BCUT2D eigenvalue weighted by molar-refractivity contribution is -0.384. The van der Waals surface area contributed by atoms with E-state index in [1.165, 1.54) is 0 Å². The molecule has 0 aliphatic rings. The Morgan fingerprint density at radius 1 is 1.17 bits per heavy atom. The summed E-state index contributed by atoms with van der Waals surface area (Å²) in [6.45, 7) is 0.0737. The molecule has 30 heavy (non-hydrogen) atoms. The van der Waals surface area contributed by atoms with E-state index in [1.807, 2.05) is 30.3 Å². The molecule has 0 saturated heterocycles. The second-order valence-electron chi connectivity index (χ2n) is 6.28. The molecule has 158 valence electrons. The van der Waals surface area contributed by atoms with Gasteiger partial charge in [-0.2, -0.15) is 18.3 Å². The van der Waals surface area contributed by atoms with Gasteiger partial charge in [0.15, 0.2) is 0 Å². The zero-order valence-corrected chi connectivity index (χ0v) is 16.2. The van der Waals surface area contributed by atoms with Gasteiger partial charge in [-0.3, -0.25) is 14.8 Å². The molecular weight excluding hydrogens is 425 g/mol. The summed E-state index contributed by atoms with van der Waals surface area (Å²) < 4.78 is 62.9. The van der Waals surface area contributed by atoms with Gasteiger partial charge in [0.2, 0.25) is 0 Å². The summed E-state index contributed by atoms with van der Waals surface area (Å²) in [5.74, 6) is 0. The number of nitrogens with zero attached hydrogens (tertiary/aromatic N) is 3. The van der Waals surface area contributed by atoms with Crippen molar-refractivity contribution in [2.24, 2.45) is 7.05 Å². The number of halogens is 3. The third-order valence-electron chi connectivity index (χ3n) is 4.20. The average molecular weight is 440 g/mol. The summed E-state index contributed by atoms with van der Waals surface area (Å²) in [5, 5.41) is 18.5. The quantitative estimate of drug-likeness (QED) is 0.460. The van der Waals surface area contributed by atoms with Gasteiger partial charge in [-0.05, 0) is 12.1 Å². The number of nitrogens with one attached hydrogen (secondary N) is 1. The first-order chi connectivity index (χ1) is 14.0. The molecule has 0 radical (unpaired) electrons. The zero-order chi connectivity index (χ0) is 22.1. The Labute approximate surface area is 169 Å². The fraction of sp³-hybridized carbons (Fsp3) is 0.167. The number of anilines is 1. The molecule has 0 spiro atoms. The number of sulfone groups is 1. The van der Waals surface area contributed by atoms with Crippen LogP contribution in [0.1, 0.15) is 5.56 Å². The van der Waals surface area contributed by atoms with Crippen LogP contribution in [0.4, 0.5) is 24.5 Å². The van der Waals surface area contributed by atoms with Crippen LogP contribution in [0.2, 0.25) is 0 Å². The molecule has 0 amide bonds. The summed E-state index contributed by atoms with van der Waals surface area (Å²) >= 11 is 0. The molecule has 1 aromatic heterocycles. The predicted octanol–water partition coefficient (Wildman–Crippen LogP) is 3.90. The first-order valence-electron chi connectivity index (χ1n) is 8.42. The minimum absolute atomic E-state index is 0.0737. The van der Waals surface area contributed by atoms with Crippen LogP contribution < -0.4 is 5.32 Å². The summed E-state index contributed by atoms with van der Waals surface area (Å²) in [7, 11) is -4.00. The largest absolute Gasteiger partial charge is 0.501 e. The third-order valence-corrected chi connectivity index (χ3v) is 5.69. The van der Waals surface area contributed by atoms with Gasteiger partial charge < -0.3 is 5.32 Å². The van der Waals surface area contributed by atoms with E-state index in [0.29, 0.717) is 23.4 Å². The van der Waals surface area contributed by atoms with Crippen molar-refractivity contribution in [2.45, 2.75) is 16.9 Å². The topological polar surface area (TPSA) is 107 Å². The van der Waals surface area contributed by atoms with Gasteiger partial charge in [0.1, 0.15) is 5.69 Å². The van der Waals surface area contributed by atoms with E-state index in [-0.39, 0.29) is 12.2 Å². The van der Waals surface area contributed by atoms with E-state index < -0.39 is 30.9 Å². The molecule has 2 aromatic carbocycles. The molecule has 0 unspecified atom stereocenters. The normalized spacial score (nSPS) is 12.0. The first-order valence-corrected chi connectivity index (χ1v) is 9.90. The highest BCUT2D eigenvalue weighted by atomic mass is 32.2. The van der Waals surface area contributed by atoms with E-state index in [2.05, 4.69) is 10.4 Å². The molecule has 1 heterocycles. The van der Waals surface area contributed by atoms with E-state index in [4.69, 9.17) is 0 Å². The van der Waals surface area contributed by atoms with Crippen LogP contribution in [0.5, 0.6) is 0 Å². The molecule has 0 aliphatic carbocycles. The second kappa shape index (κ2) is 7.78. The van der Waals surface area contributed by atoms with Gasteiger partial charge >= 0.3 is 5.51 Å². The van der Waals surface area contributed by atoms with E-state index in [0.717, 1.165) is 11.6 Å². The average Bonchev–Trinajstić information content (AvgIpc) is 3.06. The highest BCUT2D eigenvalue weighted by Crippen LogP contribution is 2.35. The van der Waals surface area contributed by atoms with Gasteiger partial charge in [-0.15, -0.1) is 0 Å². The molecule has 0 saturated carbocycles. The van der Waals surface area contributed by atoms with Crippen LogP contribution in [0, 0.1) is 10.1 Å². The van der Waals surface area contributed by atoms with Gasteiger partial charge in [0, 0.05) is 37.0 Å². The number of rotatable bonds is 6. The number of nitro benzene ring substituents is 1. The monoisotopic (exact) mass is 440 g/mol. The maximum Gasteiger partial charge on any atom is 0.501 e. The molecule has 0 bridgehead atoms. The Morgan fingerprint density at radius 3 is 2.43 bits per heavy atom. The van der Waals surface area contributed by atoms with E-state index >= 15 is 0 Å². The van der Waals surface area contributed by atoms with Gasteiger partial charge in [0.25, 0.3) is 15.5 Å². The van der Waals surface area contributed by atoms with Crippen LogP contribution in [-0.2, 0) is 23.4 Å². The van der Waals surface area contributed by atoms with Crippen LogP contribution >= 0.6 is 0 Å². The Morgan fingerprint density at radius 2 is 1.83 bits per heavy atom. The Balaban J connectivity index is 1.93. The highest BCUT2D eigenvalue weighted by molar-refractivity contribution is 7.92. The van der Waals surface area contributed by atoms with Gasteiger partial charge in [-0.1, -0.05) is 30.3 Å². The smallest absolute Gasteiger partial charge is 0.375 e. The lowest BCUT2D eigenvalue weighted by Gasteiger charge is -2.11. The van der Waals surface area contributed by atoms with Crippen molar-refractivity contribution in [3.05, 3.63) is 70.4 Å². The van der Waals surface area contributed by atoms with Crippen molar-refractivity contribution >= 4 is 21.2 Å². The lowest BCUT2D eigenvalue weighted by Crippen LogP contribution is -2.23. The van der Waals surface area contributed by atoms with Crippen LogP contribution in [0.3, 0.4) is 0 Å². The van der Waals surface area contributed by atoms with Gasteiger partial charge in [-0.25, -0.2) is 8.42 Å². The Kier molecular flexibility index (Phi) is 5.53. The van der Waals surface area contributed by atoms with Crippen LogP contribution in [0.15, 0.2) is 59.6 Å². The number of alkyl halides is 3. The zero-order valence-electron chi connectivity index (χ0n) is 15.4. The van der Waals surface area contributed by atoms with Gasteiger partial charge in [0.05, 0.1) is 15.5 Å². The van der Waals surface area contributed by atoms with Crippen molar-refractivity contribution < 1.29 is 26.5 Å². The summed E-state index contributed by atoms with van der Waals surface area (Å²) in [5.41, 5.74) is -4.34. The fourth-order valence-electron chi connectivity index (χ4n) is 2.81. The third kappa shape index (κ3) is 4.13. The molecule has 12 heteroatoms. The summed E-state index contributed by atoms with van der Waals surface area (Å²) in [4.78, 5) is 9.19. The number of hydrogen-bond donors (Lipinski definition) is 1. The first kappa shape index (κ1) is 21.3. The Hall–Kier alpha value is -3.41. The maximum absolute atomic E-state index is 12.7. The molecule has 1 N–H and O–H groups in total. The number of hydrogen-bond acceptors (Lipinski definition) is 6. The summed E-state index contributed by atoms with van der Waals surface area (Å²) in [6, 6.07) is 11.2. The number of benzene rings is 2. The molecule has 0 atom stereocenters. The molecule has 8 nitrogen and oxygen atoms in total. The molecular formula is C18H15F3N4O4S. The predicted molar refractivity (Wildman–Crippen MR) is 102 cm³/mol.